The Labute approximate surface area is 80.5 Å². The summed E-state index contributed by atoms with van der Waals surface area (Å²) in [6, 6.07) is 0. The summed E-state index contributed by atoms with van der Waals surface area (Å²) in [5.41, 5.74) is 0. The van der Waals surface area contributed by atoms with Gasteiger partial charge in [-0.3, -0.25) is 4.79 Å². The van der Waals surface area contributed by atoms with Crippen LogP contribution in [0.25, 0.3) is 0 Å². The van der Waals surface area contributed by atoms with E-state index in [1.165, 1.54) is 0 Å². The molecule has 0 aromatic carbocycles. The average molecular weight is 187 g/mol. The van der Waals surface area contributed by atoms with E-state index in [2.05, 4.69) is 5.32 Å². The van der Waals surface area contributed by atoms with E-state index in [1.807, 2.05) is 20.8 Å². The molecule has 0 aliphatic rings. The zero-order chi connectivity index (χ0) is 10.3. The molecule has 0 bridgehead atoms. The van der Waals surface area contributed by atoms with Crippen molar-refractivity contribution in [2.75, 3.05) is 13.2 Å². The van der Waals surface area contributed by atoms with Crippen LogP contribution in [0.1, 0.15) is 33.6 Å². The highest BCUT2D eigenvalue weighted by Gasteiger charge is 2.15. The third-order valence-corrected chi connectivity index (χ3v) is 2.30. The summed E-state index contributed by atoms with van der Waals surface area (Å²) in [5.74, 6) is 0.583. The molecule has 0 saturated heterocycles. The summed E-state index contributed by atoms with van der Waals surface area (Å²) >= 11 is 0. The fraction of sp³-hybridized carbons (Fsp3) is 0.900. The van der Waals surface area contributed by atoms with Gasteiger partial charge in [0.2, 0.25) is 5.91 Å². The number of carbonyl (C=O) groups is 1. The second-order valence-corrected chi connectivity index (χ2v) is 3.75. The Balaban J connectivity index is 3.50. The van der Waals surface area contributed by atoms with Crippen LogP contribution < -0.4 is 5.32 Å². The van der Waals surface area contributed by atoms with E-state index in [1.54, 1.807) is 0 Å². The Morgan fingerprint density at radius 1 is 1.31 bits per heavy atom. The van der Waals surface area contributed by atoms with E-state index in [9.17, 15) is 4.79 Å². The highest BCUT2D eigenvalue weighted by molar-refractivity contribution is 5.78. The smallest absolute Gasteiger partial charge is 0.223 e. The highest BCUT2D eigenvalue weighted by atomic mass is 16.2. The first kappa shape index (κ1) is 12.4. The second-order valence-electron chi connectivity index (χ2n) is 3.75. The van der Waals surface area contributed by atoms with Crippen molar-refractivity contribution in [3.63, 3.8) is 0 Å². The van der Waals surface area contributed by atoms with Crippen LogP contribution in [0.3, 0.4) is 0 Å². The Morgan fingerprint density at radius 3 is 2.38 bits per heavy atom. The van der Waals surface area contributed by atoms with Gasteiger partial charge < -0.3 is 10.4 Å². The zero-order valence-corrected chi connectivity index (χ0v) is 8.84. The third-order valence-electron chi connectivity index (χ3n) is 2.30. The Bertz CT molecular complexity index is 146. The van der Waals surface area contributed by atoms with Gasteiger partial charge in [-0.15, -0.1) is 0 Å². The average Bonchev–Trinajstić information content (AvgIpc) is 2.10. The molecular formula is C10H21NO2. The van der Waals surface area contributed by atoms with Crippen LogP contribution >= 0.6 is 0 Å². The number of hydrogen-bond donors (Lipinski definition) is 2. The standard InChI is InChI=1S/C10H21NO2/c1-8(2)9(3)10(13)11-6-4-5-7-12/h8-9,12H,4-7H2,1-3H3,(H,11,13). The topological polar surface area (TPSA) is 49.3 Å². The molecule has 0 aliphatic carbocycles. The van der Waals surface area contributed by atoms with Crippen LogP contribution in [-0.4, -0.2) is 24.2 Å². The molecule has 78 valence electrons. The number of amides is 1. The molecule has 0 fully saturated rings. The van der Waals surface area contributed by atoms with Crippen molar-refractivity contribution in [1.82, 2.24) is 5.32 Å². The molecule has 0 saturated carbocycles. The second kappa shape index (κ2) is 6.89. The lowest BCUT2D eigenvalue weighted by molar-refractivity contribution is -0.125. The molecule has 1 unspecified atom stereocenters. The number of rotatable bonds is 6. The summed E-state index contributed by atoms with van der Waals surface area (Å²) in [5, 5.41) is 11.4. The van der Waals surface area contributed by atoms with Crippen LogP contribution in [0.4, 0.5) is 0 Å². The molecule has 1 atom stereocenters. The molecule has 1 amide bonds. The maximum Gasteiger partial charge on any atom is 0.223 e. The van der Waals surface area contributed by atoms with Crippen molar-refractivity contribution in [2.24, 2.45) is 11.8 Å². The van der Waals surface area contributed by atoms with E-state index in [4.69, 9.17) is 5.11 Å². The quantitative estimate of drug-likeness (QED) is 0.613. The molecule has 0 aromatic rings. The number of unbranched alkanes of at least 4 members (excludes halogenated alkanes) is 1. The van der Waals surface area contributed by atoms with Crippen molar-refractivity contribution < 1.29 is 9.90 Å². The van der Waals surface area contributed by atoms with Gasteiger partial charge in [0.15, 0.2) is 0 Å². The van der Waals surface area contributed by atoms with E-state index in [0.717, 1.165) is 12.8 Å². The van der Waals surface area contributed by atoms with Gasteiger partial charge in [-0.25, -0.2) is 0 Å². The first-order valence-corrected chi connectivity index (χ1v) is 4.98. The minimum atomic E-state index is 0.0779. The number of aliphatic hydroxyl groups is 1. The molecule has 0 spiro atoms. The predicted octanol–water partition coefficient (Wildman–Crippen LogP) is 1.17. The monoisotopic (exact) mass is 187 g/mol. The molecule has 0 radical (unpaired) electrons. The summed E-state index contributed by atoms with van der Waals surface area (Å²) < 4.78 is 0. The summed E-state index contributed by atoms with van der Waals surface area (Å²) in [6.07, 6.45) is 1.61. The van der Waals surface area contributed by atoms with Gasteiger partial charge in [0.1, 0.15) is 0 Å². The lowest BCUT2D eigenvalue weighted by Gasteiger charge is -2.14. The number of nitrogens with one attached hydrogen (secondary N) is 1. The molecule has 3 heteroatoms. The van der Waals surface area contributed by atoms with Gasteiger partial charge in [0.05, 0.1) is 0 Å². The van der Waals surface area contributed by atoms with Crippen molar-refractivity contribution in [2.45, 2.75) is 33.6 Å². The van der Waals surface area contributed by atoms with Crippen LogP contribution in [0, 0.1) is 11.8 Å². The SMILES string of the molecule is CC(C)C(C)C(=O)NCCCCO. The molecular weight excluding hydrogens is 166 g/mol. The normalized spacial score (nSPS) is 13.0. The Morgan fingerprint density at radius 2 is 1.92 bits per heavy atom. The van der Waals surface area contributed by atoms with Crippen molar-refractivity contribution in [3.8, 4) is 0 Å². The maximum atomic E-state index is 11.4. The van der Waals surface area contributed by atoms with Crippen molar-refractivity contribution in [1.29, 1.82) is 0 Å². The Kier molecular flexibility index (Phi) is 6.59. The van der Waals surface area contributed by atoms with Gasteiger partial charge in [0.25, 0.3) is 0 Å². The summed E-state index contributed by atoms with van der Waals surface area (Å²) in [7, 11) is 0. The van der Waals surface area contributed by atoms with E-state index < -0.39 is 0 Å². The van der Waals surface area contributed by atoms with Gasteiger partial charge in [0, 0.05) is 19.1 Å². The molecule has 2 N–H and O–H groups in total. The van der Waals surface area contributed by atoms with Crippen molar-refractivity contribution >= 4 is 5.91 Å². The minimum absolute atomic E-state index is 0.0779. The van der Waals surface area contributed by atoms with Crippen LogP contribution in [-0.2, 0) is 4.79 Å². The van der Waals surface area contributed by atoms with E-state index in [0.29, 0.717) is 12.5 Å². The van der Waals surface area contributed by atoms with Gasteiger partial charge in [-0.1, -0.05) is 20.8 Å². The van der Waals surface area contributed by atoms with Crippen LogP contribution in [0.5, 0.6) is 0 Å². The molecule has 3 nitrogen and oxygen atoms in total. The van der Waals surface area contributed by atoms with Gasteiger partial charge in [-0.2, -0.15) is 0 Å². The van der Waals surface area contributed by atoms with E-state index >= 15 is 0 Å². The largest absolute Gasteiger partial charge is 0.396 e. The van der Waals surface area contributed by atoms with E-state index in [-0.39, 0.29) is 18.4 Å². The zero-order valence-electron chi connectivity index (χ0n) is 8.84. The number of aliphatic hydroxyl groups excluding tert-OH is 1. The van der Waals surface area contributed by atoms with Crippen LogP contribution in [0.15, 0.2) is 0 Å². The van der Waals surface area contributed by atoms with Gasteiger partial charge in [-0.05, 0) is 18.8 Å². The molecule has 13 heavy (non-hydrogen) atoms. The van der Waals surface area contributed by atoms with Crippen molar-refractivity contribution in [3.05, 3.63) is 0 Å². The molecule has 0 heterocycles. The lowest BCUT2D eigenvalue weighted by atomic mass is 9.97. The third kappa shape index (κ3) is 5.64. The first-order chi connectivity index (χ1) is 6.09. The summed E-state index contributed by atoms with van der Waals surface area (Å²) in [6.45, 7) is 6.90. The van der Waals surface area contributed by atoms with Crippen LogP contribution in [0.2, 0.25) is 0 Å². The molecule has 0 aliphatic heterocycles. The number of carbonyl (C=O) groups excluding carboxylic acids is 1. The first-order valence-electron chi connectivity index (χ1n) is 4.98. The highest BCUT2D eigenvalue weighted by Crippen LogP contribution is 2.08. The summed E-state index contributed by atoms with van der Waals surface area (Å²) in [4.78, 5) is 11.4. The maximum absolute atomic E-state index is 11.4. The molecule has 0 aromatic heterocycles. The minimum Gasteiger partial charge on any atom is -0.396 e. The molecule has 0 rings (SSSR count). The fourth-order valence-corrected chi connectivity index (χ4v) is 0.912. The lowest BCUT2D eigenvalue weighted by Crippen LogP contribution is -2.32. The van der Waals surface area contributed by atoms with Gasteiger partial charge >= 0.3 is 0 Å². The predicted molar refractivity (Wildman–Crippen MR) is 53.3 cm³/mol. The number of hydrogen-bond acceptors (Lipinski definition) is 2. The fourth-order valence-electron chi connectivity index (χ4n) is 0.912. The Hall–Kier alpha value is -0.570.